The number of hydrogen-bond acceptors (Lipinski definition) is 7. The summed E-state index contributed by atoms with van der Waals surface area (Å²) in [5.74, 6) is -1.87. The molecule has 0 aromatic carbocycles. The van der Waals surface area contributed by atoms with E-state index in [-0.39, 0.29) is 0 Å². The SMILES string of the molecule is O=CC(C(=O)OC1OCCO1)C1OCCCO1. The van der Waals surface area contributed by atoms with Gasteiger partial charge in [-0.1, -0.05) is 0 Å². The molecule has 0 saturated carbocycles. The molecule has 0 aromatic rings. The Kier molecular flexibility index (Phi) is 4.43. The van der Waals surface area contributed by atoms with E-state index in [1.54, 1.807) is 0 Å². The molecule has 2 saturated heterocycles. The topological polar surface area (TPSA) is 80.3 Å². The molecule has 0 bridgehead atoms. The van der Waals surface area contributed by atoms with Crippen LogP contribution < -0.4 is 0 Å². The molecule has 7 heteroatoms. The van der Waals surface area contributed by atoms with Gasteiger partial charge in [-0.2, -0.15) is 0 Å². The van der Waals surface area contributed by atoms with Crippen LogP contribution in [0.5, 0.6) is 0 Å². The minimum atomic E-state index is -1.11. The lowest BCUT2D eigenvalue weighted by molar-refractivity contribution is -0.245. The fraction of sp³-hybridized carbons (Fsp3) is 0.800. The number of carbonyl (C=O) groups is 2. The molecule has 1 atom stereocenters. The molecule has 2 rings (SSSR count). The second-order valence-corrected chi connectivity index (χ2v) is 3.59. The lowest BCUT2D eigenvalue weighted by Crippen LogP contribution is -2.39. The van der Waals surface area contributed by atoms with E-state index >= 15 is 0 Å². The maximum atomic E-state index is 11.7. The highest BCUT2D eigenvalue weighted by Crippen LogP contribution is 2.16. The maximum absolute atomic E-state index is 11.7. The molecule has 0 amide bonds. The van der Waals surface area contributed by atoms with Crippen molar-refractivity contribution in [2.45, 2.75) is 19.2 Å². The van der Waals surface area contributed by atoms with Crippen LogP contribution in [0.25, 0.3) is 0 Å². The van der Waals surface area contributed by atoms with E-state index in [1.165, 1.54) is 0 Å². The summed E-state index contributed by atoms with van der Waals surface area (Å²) < 4.78 is 25.1. The maximum Gasteiger partial charge on any atom is 0.325 e. The van der Waals surface area contributed by atoms with Crippen LogP contribution in [0.3, 0.4) is 0 Å². The van der Waals surface area contributed by atoms with Crippen LogP contribution in [0.4, 0.5) is 0 Å². The minimum absolute atomic E-state index is 0.361. The van der Waals surface area contributed by atoms with Crippen LogP contribution in [0.1, 0.15) is 6.42 Å². The Morgan fingerprint density at radius 3 is 2.35 bits per heavy atom. The zero-order valence-electron chi connectivity index (χ0n) is 9.20. The summed E-state index contributed by atoms with van der Waals surface area (Å²) in [5, 5.41) is 0. The Hall–Kier alpha value is -1.02. The highest BCUT2D eigenvalue weighted by atomic mass is 16.9. The Labute approximate surface area is 97.9 Å². The van der Waals surface area contributed by atoms with Gasteiger partial charge in [0.1, 0.15) is 6.29 Å². The Balaban J connectivity index is 1.87. The van der Waals surface area contributed by atoms with E-state index in [2.05, 4.69) is 0 Å². The van der Waals surface area contributed by atoms with Crippen molar-refractivity contribution in [2.75, 3.05) is 26.4 Å². The van der Waals surface area contributed by atoms with Crippen LogP contribution in [-0.4, -0.2) is 51.4 Å². The fourth-order valence-electron chi connectivity index (χ4n) is 1.52. The second kappa shape index (κ2) is 6.06. The van der Waals surface area contributed by atoms with E-state index < -0.39 is 24.7 Å². The van der Waals surface area contributed by atoms with Crippen molar-refractivity contribution in [2.24, 2.45) is 5.92 Å². The van der Waals surface area contributed by atoms with Crippen LogP contribution in [-0.2, 0) is 33.3 Å². The number of ether oxygens (including phenoxy) is 5. The Morgan fingerprint density at radius 1 is 1.12 bits per heavy atom. The Bertz CT molecular complexity index is 268. The molecular formula is C10H14O7. The highest BCUT2D eigenvalue weighted by molar-refractivity contribution is 5.88. The molecule has 2 heterocycles. The highest BCUT2D eigenvalue weighted by Gasteiger charge is 2.35. The lowest BCUT2D eigenvalue weighted by atomic mass is 10.1. The summed E-state index contributed by atoms with van der Waals surface area (Å²) >= 11 is 0. The van der Waals surface area contributed by atoms with Crippen LogP contribution in [0.2, 0.25) is 0 Å². The van der Waals surface area contributed by atoms with E-state index in [1.807, 2.05) is 0 Å². The van der Waals surface area contributed by atoms with Gasteiger partial charge in [0, 0.05) is 0 Å². The first-order valence-electron chi connectivity index (χ1n) is 5.43. The van der Waals surface area contributed by atoms with Gasteiger partial charge in [0.15, 0.2) is 12.2 Å². The number of hydrogen-bond donors (Lipinski definition) is 0. The van der Waals surface area contributed by atoms with Gasteiger partial charge in [0.05, 0.1) is 26.4 Å². The lowest BCUT2D eigenvalue weighted by Gasteiger charge is -2.26. The molecule has 1 unspecified atom stereocenters. The fourth-order valence-corrected chi connectivity index (χ4v) is 1.52. The molecular weight excluding hydrogens is 232 g/mol. The van der Waals surface area contributed by atoms with Gasteiger partial charge in [-0.3, -0.25) is 4.79 Å². The van der Waals surface area contributed by atoms with Crippen LogP contribution >= 0.6 is 0 Å². The molecule has 2 aliphatic heterocycles. The van der Waals surface area contributed by atoms with E-state index in [0.29, 0.717) is 32.7 Å². The average molecular weight is 246 g/mol. The first kappa shape index (κ1) is 12.4. The summed E-state index contributed by atoms with van der Waals surface area (Å²) in [5.41, 5.74) is 0. The van der Waals surface area contributed by atoms with Crippen LogP contribution in [0, 0.1) is 5.92 Å². The zero-order chi connectivity index (χ0) is 12.1. The number of carbonyl (C=O) groups excluding carboxylic acids is 2. The summed E-state index contributed by atoms with van der Waals surface area (Å²) in [6.07, 6.45) is 0.314. The largest absolute Gasteiger partial charge is 0.410 e. The number of esters is 1. The van der Waals surface area contributed by atoms with Crippen molar-refractivity contribution in [3.63, 3.8) is 0 Å². The van der Waals surface area contributed by atoms with Crippen molar-refractivity contribution >= 4 is 12.3 Å². The predicted octanol–water partition coefficient (Wildman–Crippen LogP) is -0.562. The normalized spacial score (nSPS) is 24.5. The number of rotatable bonds is 4. The molecule has 7 nitrogen and oxygen atoms in total. The van der Waals surface area contributed by atoms with E-state index in [9.17, 15) is 9.59 Å². The summed E-state index contributed by atoms with van der Waals surface area (Å²) in [7, 11) is 0. The van der Waals surface area contributed by atoms with Gasteiger partial charge in [-0.25, -0.2) is 0 Å². The van der Waals surface area contributed by atoms with Gasteiger partial charge in [0.2, 0.25) is 0 Å². The van der Waals surface area contributed by atoms with Crippen molar-refractivity contribution in [1.29, 1.82) is 0 Å². The quantitative estimate of drug-likeness (QED) is 0.373. The molecule has 0 aliphatic carbocycles. The third-order valence-electron chi connectivity index (χ3n) is 2.37. The molecule has 96 valence electrons. The first-order chi connectivity index (χ1) is 8.31. The Morgan fingerprint density at radius 2 is 1.76 bits per heavy atom. The molecule has 0 radical (unpaired) electrons. The predicted molar refractivity (Wildman–Crippen MR) is 51.6 cm³/mol. The van der Waals surface area contributed by atoms with Crippen molar-refractivity contribution in [3.05, 3.63) is 0 Å². The van der Waals surface area contributed by atoms with Gasteiger partial charge in [0.25, 0.3) is 0 Å². The monoisotopic (exact) mass is 246 g/mol. The first-order valence-corrected chi connectivity index (χ1v) is 5.43. The summed E-state index contributed by atoms with van der Waals surface area (Å²) in [6.45, 7) is 0.603. The van der Waals surface area contributed by atoms with E-state index in [4.69, 9.17) is 23.7 Å². The molecule has 0 aromatic heterocycles. The molecule has 0 spiro atoms. The minimum Gasteiger partial charge on any atom is -0.410 e. The average Bonchev–Trinajstić information content (AvgIpc) is 2.84. The summed E-state index contributed by atoms with van der Waals surface area (Å²) in [6, 6.07) is 0. The smallest absolute Gasteiger partial charge is 0.325 e. The molecule has 0 N–H and O–H groups in total. The van der Waals surface area contributed by atoms with Gasteiger partial charge >= 0.3 is 12.4 Å². The third-order valence-corrected chi connectivity index (χ3v) is 2.37. The molecule has 2 aliphatic rings. The van der Waals surface area contributed by atoms with Gasteiger partial charge in [-0.05, 0) is 6.42 Å². The third kappa shape index (κ3) is 3.22. The standard InChI is InChI=1S/C10H14O7/c11-6-7(9-13-2-1-3-14-9)8(12)17-10-15-4-5-16-10/h6-7,9-10H,1-5H2. The summed E-state index contributed by atoms with van der Waals surface area (Å²) in [4.78, 5) is 22.5. The second-order valence-electron chi connectivity index (χ2n) is 3.59. The van der Waals surface area contributed by atoms with Crippen molar-refractivity contribution in [3.8, 4) is 0 Å². The van der Waals surface area contributed by atoms with Crippen LogP contribution in [0.15, 0.2) is 0 Å². The van der Waals surface area contributed by atoms with Crippen molar-refractivity contribution in [1.82, 2.24) is 0 Å². The van der Waals surface area contributed by atoms with Gasteiger partial charge < -0.3 is 28.5 Å². The molecule has 2 fully saturated rings. The van der Waals surface area contributed by atoms with E-state index in [0.717, 1.165) is 6.42 Å². The zero-order valence-corrected chi connectivity index (χ0v) is 9.20. The van der Waals surface area contributed by atoms with Gasteiger partial charge in [-0.15, -0.1) is 0 Å². The molecule has 17 heavy (non-hydrogen) atoms. The van der Waals surface area contributed by atoms with Crippen molar-refractivity contribution < 1.29 is 33.3 Å². The number of aldehydes is 1.